The van der Waals surface area contributed by atoms with Crippen LogP contribution in [0.25, 0.3) is 22.4 Å². The Morgan fingerprint density at radius 1 is 0.882 bits per heavy atom. The number of nitrogens with zero attached hydrogens (tertiary/aromatic N) is 4. The number of hydrogen-bond acceptors (Lipinski definition) is 4. The van der Waals surface area contributed by atoms with Crippen molar-refractivity contribution in [3.63, 3.8) is 0 Å². The molecule has 0 radical (unpaired) electrons. The fourth-order valence-electron chi connectivity index (χ4n) is 1.58. The topological polar surface area (TPSA) is 51.6 Å². The van der Waals surface area contributed by atoms with E-state index < -0.39 is 0 Å². The van der Waals surface area contributed by atoms with Gasteiger partial charge in [0.25, 0.3) is 0 Å². The van der Waals surface area contributed by atoms with Gasteiger partial charge in [-0.1, -0.05) is 11.6 Å². The molecule has 17 heavy (non-hydrogen) atoms. The largest absolute Gasteiger partial charge is 0.251 e. The van der Waals surface area contributed by atoms with Gasteiger partial charge >= 0.3 is 0 Å². The molecule has 0 fully saturated rings. The van der Waals surface area contributed by atoms with Crippen molar-refractivity contribution < 1.29 is 0 Å². The summed E-state index contributed by atoms with van der Waals surface area (Å²) in [5.41, 5.74) is 2.90. The molecule has 0 unspecified atom stereocenters. The van der Waals surface area contributed by atoms with Crippen molar-refractivity contribution in [1.29, 1.82) is 0 Å². The Bertz CT molecular complexity index is 684. The highest BCUT2D eigenvalue weighted by Gasteiger charge is 2.06. The van der Waals surface area contributed by atoms with E-state index in [-0.39, 0.29) is 0 Å². The number of pyridine rings is 2. The first-order valence-corrected chi connectivity index (χ1v) is 5.41. The number of hydrogen-bond donors (Lipinski definition) is 0. The van der Waals surface area contributed by atoms with Crippen LogP contribution in [0.3, 0.4) is 0 Å². The van der Waals surface area contributed by atoms with Crippen LogP contribution in [0.1, 0.15) is 0 Å². The maximum atomic E-state index is 6.02. The Labute approximate surface area is 102 Å². The predicted molar refractivity (Wildman–Crippen MR) is 65.6 cm³/mol. The summed E-state index contributed by atoms with van der Waals surface area (Å²) in [7, 11) is 0. The Hall–Kier alpha value is -2.07. The standard InChI is InChI=1S/C12H7ClN4/c13-11-8(2-1-5-15-11)9-3-4-10-12(17-9)16-7-6-14-10/h1-7H. The molecule has 82 valence electrons. The van der Waals surface area contributed by atoms with Gasteiger partial charge in [-0.15, -0.1) is 0 Å². The van der Waals surface area contributed by atoms with Crippen LogP contribution in [0.4, 0.5) is 0 Å². The van der Waals surface area contributed by atoms with E-state index in [1.54, 1.807) is 18.6 Å². The second kappa shape index (κ2) is 4.07. The average molecular weight is 243 g/mol. The Kier molecular flexibility index (Phi) is 2.42. The van der Waals surface area contributed by atoms with E-state index in [1.807, 2.05) is 24.3 Å². The summed E-state index contributed by atoms with van der Waals surface area (Å²) >= 11 is 6.02. The van der Waals surface area contributed by atoms with E-state index in [4.69, 9.17) is 11.6 Å². The lowest BCUT2D eigenvalue weighted by atomic mass is 10.2. The van der Waals surface area contributed by atoms with Gasteiger partial charge in [0.1, 0.15) is 10.7 Å². The fraction of sp³-hybridized carbons (Fsp3) is 0. The third-order valence-electron chi connectivity index (χ3n) is 2.37. The van der Waals surface area contributed by atoms with Crippen LogP contribution in [-0.4, -0.2) is 19.9 Å². The lowest BCUT2D eigenvalue weighted by Gasteiger charge is -2.03. The lowest BCUT2D eigenvalue weighted by molar-refractivity contribution is 1.22. The summed E-state index contributed by atoms with van der Waals surface area (Å²) < 4.78 is 0. The first-order chi connectivity index (χ1) is 8.34. The first kappa shape index (κ1) is 10.1. The molecule has 0 spiro atoms. The van der Waals surface area contributed by atoms with Gasteiger partial charge in [0.15, 0.2) is 5.65 Å². The molecule has 0 aliphatic carbocycles. The van der Waals surface area contributed by atoms with Crippen molar-refractivity contribution in [2.75, 3.05) is 0 Å². The van der Waals surface area contributed by atoms with E-state index in [0.717, 1.165) is 16.8 Å². The highest BCUT2D eigenvalue weighted by atomic mass is 35.5. The maximum Gasteiger partial charge on any atom is 0.178 e. The Morgan fingerprint density at radius 3 is 2.65 bits per heavy atom. The quantitative estimate of drug-likeness (QED) is 0.616. The highest BCUT2D eigenvalue weighted by Crippen LogP contribution is 2.24. The van der Waals surface area contributed by atoms with Gasteiger partial charge in [0.2, 0.25) is 0 Å². The molecular weight excluding hydrogens is 236 g/mol. The fourth-order valence-corrected chi connectivity index (χ4v) is 1.80. The molecule has 3 rings (SSSR count). The van der Waals surface area contributed by atoms with Crippen LogP contribution in [0, 0.1) is 0 Å². The zero-order valence-electron chi connectivity index (χ0n) is 8.71. The van der Waals surface area contributed by atoms with E-state index in [9.17, 15) is 0 Å². The second-order valence-corrected chi connectivity index (χ2v) is 3.80. The van der Waals surface area contributed by atoms with Gasteiger partial charge in [-0.05, 0) is 24.3 Å². The molecule has 3 aromatic rings. The van der Waals surface area contributed by atoms with E-state index in [1.165, 1.54) is 0 Å². The van der Waals surface area contributed by atoms with Crippen LogP contribution in [0.2, 0.25) is 5.15 Å². The molecule has 0 N–H and O–H groups in total. The zero-order valence-corrected chi connectivity index (χ0v) is 9.46. The van der Waals surface area contributed by atoms with Crippen molar-refractivity contribution in [2.45, 2.75) is 0 Å². The predicted octanol–water partition coefficient (Wildman–Crippen LogP) is 2.74. The number of halogens is 1. The maximum absolute atomic E-state index is 6.02. The average Bonchev–Trinajstić information content (AvgIpc) is 2.39. The SMILES string of the molecule is Clc1ncccc1-c1ccc2nccnc2n1. The summed E-state index contributed by atoms with van der Waals surface area (Å²) in [5, 5.41) is 0.434. The van der Waals surface area contributed by atoms with Gasteiger partial charge in [0.05, 0.1) is 5.69 Å². The summed E-state index contributed by atoms with van der Waals surface area (Å²) in [6, 6.07) is 7.43. The molecule has 0 aliphatic heterocycles. The third kappa shape index (κ3) is 1.83. The molecule has 3 heterocycles. The number of fused-ring (bicyclic) bond motifs is 1. The van der Waals surface area contributed by atoms with Gasteiger partial charge in [-0.3, -0.25) is 4.98 Å². The summed E-state index contributed by atoms with van der Waals surface area (Å²) in [5.74, 6) is 0. The molecule has 0 saturated heterocycles. The minimum absolute atomic E-state index is 0.434. The minimum atomic E-state index is 0.434. The molecule has 4 nitrogen and oxygen atoms in total. The zero-order chi connectivity index (χ0) is 11.7. The van der Waals surface area contributed by atoms with E-state index in [0.29, 0.717) is 10.8 Å². The molecule has 0 atom stereocenters. The molecule has 0 saturated carbocycles. The van der Waals surface area contributed by atoms with Crippen LogP contribution in [-0.2, 0) is 0 Å². The number of aromatic nitrogens is 4. The molecule has 0 aromatic carbocycles. The lowest BCUT2D eigenvalue weighted by Crippen LogP contribution is -1.90. The van der Waals surface area contributed by atoms with Gasteiger partial charge in [0, 0.05) is 24.2 Å². The van der Waals surface area contributed by atoms with Crippen molar-refractivity contribution in [1.82, 2.24) is 19.9 Å². The van der Waals surface area contributed by atoms with Crippen molar-refractivity contribution in [3.05, 3.63) is 48.0 Å². The van der Waals surface area contributed by atoms with Gasteiger partial charge in [-0.25, -0.2) is 15.0 Å². The Balaban J connectivity index is 2.22. The second-order valence-electron chi connectivity index (χ2n) is 3.44. The van der Waals surface area contributed by atoms with Gasteiger partial charge in [-0.2, -0.15) is 0 Å². The summed E-state index contributed by atoms with van der Waals surface area (Å²) in [4.78, 5) is 16.8. The Morgan fingerprint density at radius 2 is 1.76 bits per heavy atom. The van der Waals surface area contributed by atoms with E-state index >= 15 is 0 Å². The molecule has 0 amide bonds. The molecular formula is C12H7ClN4. The summed E-state index contributed by atoms with van der Waals surface area (Å²) in [6.45, 7) is 0. The van der Waals surface area contributed by atoms with Crippen LogP contribution < -0.4 is 0 Å². The van der Waals surface area contributed by atoms with Gasteiger partial charge < -0.3 is 0 Å². The van der Waals surface area contributed by atoms with Crippen LogP contribution in [0.15, 0.2) is 42.9 Å². The van der Waals surface area contributed by atoms with Crippen molar-refractivity contribution >= 4 is 22.8 Å². The highest BCUT2D eigenvalue weighted by molar-refractivity contribution is 6.32. The molecule has 3 aromatic heterocycles. The third-order valence-corrected chi connectivity index (χ3v) is 2.67. The van der Waals surface area contributed by atoms with Crippen molar-refractivity contribution in [2.24, 2.45) is 0 Å². The number of rotatable bonds is 1. The smallest absolute Gasteiger partial charge is 0.178 e. The molecule has 0 bridgehead atoms. The summed E-state index contributed by atoms with van der Waals surface area (Å²) in [6.07, 6.45) is 4.90. The molecule has 0 aliphatic rings. The monoisotopic (exact) mass is 242 g/mol. The minimum Gasteiger partial charge on any atom is -0.251 e. The molecule has 5 heteroatoms. The van der Waals surface area contributed by atoms with Crippen LogP contribution in [0.5, 0.6) is 0 Å². The first-order valence-electron chi connectivity index (χ1n) is 5.03. The normalized spacial score (nSPS) is 10.6. The van der Waals surface area contributed by atoms with E-state index in [2.05, 4.69) is 19.9 Å². The van der Waals surface area contributed by atoms with Crippen LogP contribution >= 0.6 is 11.6 Å². The van der Waals surface area contributed by atoms with Crippen molar-refractivity contribution in [3.8, 4) is 11.3 Å².